The Morgan fingerprint density at radius 2 is 1.63 bits per heavy atom. The Morgan fingerprint density at radius 1 is 0.895 bits per heavy atom. The van der Waals surface area contributed by atoms with Crippen molar-refractivity contribution in [1.29, 1.82) is 0 Å². The summed E-state index contributed by atoms with van der Waals surface area (Å²) in [6, 6.07) is 15.3. The molecule has 0 atom stereocenters. The molecule has 0 saturated carbocycles. The van der Waals surface area contributed by atoms with Crippen molar-refractivity contribution in [3.63, 3.8) is 0 Å². The highest BCUT2D eigenvalue weighted by Gasteiger charge is 2.07. The number of benzene rings is 2. The van der Waals surface area contributed by atoms with E-state index >= 15 is 0 Å². The maximum atomic E-state index is 3.55. The Kier molecular flexibility index (Phi) is 4.60. The number of rotatable bonds is 5. The SMILES string of the molecule is CC(C)(C)NCCCCc1cccc2ccccc12. The van der Waals surface area contributed by atoms with Gasteiger partial charge in [-0.3, -0.25) is 0 Å². The number of aryl methyl sites for hydroxylation is 1. The zero-order chi connectivity index (χ0) is 13.7. The molecule has 0 aliphatic heterocycles. The van der Waals surface area contributed by atoms with Crippen LogP contribution in [-0.4, -0.2) is 12.1 Å². The fourth-order valence-electron chi connectivity index (χ4n) is 2.41. The van der Waals surface area contributed by atoms with E-state index in [1.54, 1.807) is 0 Å². The van der Waals surface area contributed by atoms with E-state index in [0.717, 1.165) is 6.54 Å². The lowest BCUT2D eigenvalue weighted by molar-refractivity contribution is 0.419. The molecule has 2 aromatic rings. The van der Waals surface area contributed by atoms with Gasteiger partial charge in [0.1, 0.15) is 0 Å². The molecule has 2 rings (SSSR count). The van der Waals surface area contributed by atoms with Gasteiger partial charge in [0.25, 0.3) is 0 Å². The number of hydrogen-bond acceptors (Lipinski definition) is 1. The van der Waals surface area contributed by atoms with Crippen molar-refractivity contribution in [2.45, 2.75) is 45.6 Å². The summed E-state index contributed by atoms with van der Waals surface area (Å²) in [6.45, 7) is 7.77. The van der Waals surface area contributed by atoms with Gasteiger partial charge in [0.2, 0.25) is 0 Å². The van der Waals surface area contributed by atoms with Crippen molar-refractivity contribution in [2.75, 3.05) is 6.54 Å². The molecule has 2 aromatic carbocycles. The summed E-state index contributed by atoms with van der Waals surface area (Å²) >= 11 is 0. The molecular formula is C18H25N. The molecule has 19 heavy (non-hydrogen) atoms. The number of fused-ring (bicyclic) bond motifs is 1. The monoisotopic (exact) mass is 255 g/mol. The Morgan fingerprint density at radius 3 is 2.42 bits per heavy atom. The van der Waals surface area contributed by atoms with Gasteiger partial charge in [-0.2, -0.15) is 0 Å². The highest BCUT2D eigenvalue weighted by Crippen LogP contribution is 2.20. The van der Waals surface area contributed by atoms with Crippen molar-refractivity contribution >= 4 is 10.8 Å². The summed E-state index contributed by atoms with van der Waals surface area (Å²) in [6.07, 6.45) is 3.66. The lowest BCUT2D eigenvalue weighted by atomic mass is 10.00. The highest BCUT2D eigenvalue weighted by molar-refractivity contribution is 5.85. The first-order valence-electron chi connectivity index (χ1n) is 7.28. The Labute approximate surface area is 117 Å². The van der Waals surface area contributed by atoms with Crippen LogP contribution in [0.2, 0.25) is 0 Å². The smallest absolute Gasteiger partial charge is 0.00965 e. The van der Waals surface area contributed by atoms with Crippen LogP contribution in [0.4, 0.5) is 0 Å². The summed E-state index contributed by atoms with van der Waals surface area (Å²) in [5.41, 5.74) is 1.72. The zero-order valence-electron chi connectivity index (χ0n) is 12.4. The van der Waals surface area contributed by atoms with Gasteiger partial charge in [0.15, 0.2) is 0 Å². The van der Waals surface area contributed by atoms with Gasteiger partial charge in [0, 0.05) is 5.54 Å². The van der Waals surface area contributed by atoms with Crippen LogP contribution in [0.5, 0.6) is 0 Å². The number of hydrogen-bond donors (Lipinski definition) is 1. The van der Waals surface area contributed by atoms with Crippen LogP contribution in [0, 0.1) is 0 Å². The average Bonchev–Trinajstić information content (AvgIpc) is 2.37. The van der Waals surface area contributed by atoms with Crippen LogP contribution in [0.25, 0.3) is 10.8 Å². The minimum absolute atomic E-state index is 0.236. The van der Waals surface area contributed by atoms with Crippen molar-refractivity contribution in [3.8, 4) is 0 Å². The number of nitrogens with one attached hydrogen (secondary N) is 1. The molecule has 0 aliphatic carbocycles. The largest absolute Gasteiger partial charge is 0.312 e. The normalized spacial score (nSPS) is 11.9. The summed E-state index contributed by atoms with van der Waals surface area (Å²) < 4.78 is 0. The van der Waals surface area contributed by atoms with E-state index < -0.39 is 0 Å². The van der Waals surface area contributed by atoms with Gasteiger partial charge in [-0.1, -0.05) is 42.5 Å². The first-order valence-corrected chi connectivity index (χ1v) is 7.28. The molecule has 0 fully saturated rings. The minimum atomic E-state index is 0.236. The summed E-state index contributed by atoms with van der Waals surface area (Å²) in [5.74, 6) is 0. The van der Waals surface area contributed by atoms with Crippen LogP contribution in [-0.2, 0) is 6.42 Å². The van der Waals surface area contributed by atoms with Crippen molar-refractivity contribution in [2.24, 2.45) is 0 Å². The van der Waals surface area contributed by atoms with Gasteiger partial charge in [-0.15, -0.1) is 0 Å². The van der Waals surface area contributed by atoms with Gasteiger partial charge < -0.3 is 5.32 Å². The number of unbranched alkanes of at least 4 members (excludes halogenated alkanes) is 1. The molecule has 0 radical (unpaired) electrons. The molecule has 0 spiro atoms. The Balaban J connectivity index is 1.88. The van der Waals surface area contributed by atoms with Crippen LogP contribution >= 0.6 is 0 Å². The molecule has 0 aromatic heterocycles. The highest BCUT2D eigenvalue weighted by atomic mass is 14.9. The molecule has 0 unspecified atom stereocenters. The molecule has 1 nitrogen and oxygen atoms in total. The average molecular weight is 255 g/mol. The third-order valence-electron chi connectivity index (χ3n) is 3.41. The van der Waals surface area contributed by atoms with E-state index in [1.165, 1.54) is 35.6 Å². The van der Waals surface area contributed by atoms with Crippen LogP contribution in [0.3, 0.4) is 0 Å². The maximum Gasteiger partial charge on any atom is 0.00965 e. The molecule has 0 aliphatic rings. The summed E-state index contributed by atoms with van der Waals surface area (Å²) in [5, 5.41) is 6.31. The molecule has 0 saturated heterocycles. The van der Waals surface area contributed by atoms with Gasteiger partial charge in [-0.25, -0.2) is 0 Å². The van der Waals surface area contributed by atoms with E-state index in [4.69, 9.17) is 0 Å². The molecule has 0 bridgehead atoms. The molecule has 0 heterocycles. The summed E-state index contributed by atoms with van der Waals surface area (Å²) in [7, 11) is 0. The predicted molar refractivity (Wildman–Crippen MR) is 84.6 cm³/mol. The lowest BCUT2D eigenvalue weighted by Gasteiger charge is -2.20. The fourth-order valence-corrected chi connectivity index (χ4v) is 2.41. The minimum Gasteiger partial charge on any atom is -0.312 e. The van der Waals surface area contributed by atoms with Gasteiger partial charge >= 0.3 is 0 Å². The van der Waals surface area contributed by atoms with Crippen LogP contribution in [0.15, 0.2) is 42.5 Å². The molecule has 1 heteroatoms. The predicted octanol–water partition coefficient (Wildman–Crippen LogP) is 4.55. The van der Waals surface area contributed by atoms with E-state index in [-0.39, 0.29) is 5.54 Å². The van der Waals surface area contributed by atoms with Crippen molar-refractivity contribution in [1.82, 2.24) is 5.32 Å². The van der Waals surface area contributed by atoms with E-state index in [0.29, 0.717) is 0 Å². The fraction of sp³-hybridized carbons (Fsp3) is 0.444. The Hall–Kier alpha value is -1.34. The first kappa shape index (κ1) is 14.1. The van der Waals surface area contributed by atoms with Gasteiger partial charge in [-0.05, 0) is 62.9 Å². The second kappa shape index (κ2) is 6.21. The second-order valence-electron chi connectivity index (χ2n) is 6.27. The third-order valence-corrected chi connectivity index (χ3v) is 3.41. The van der Waals surface area contributed by atoms with Crippen LogP contribution < -0.4 is 5.32 Å². The van der Waals surface area contributed by atoms with E-state index in [2.05, 4.69) is 68.6 Å². The lowest BCUT2D eigenvalue weighted by Crippen LogP contribution is -2.36. The molecule has 1 N–H and O–H groups in total. The van der Waals surface area contributed by atoms with Gasteiger partial charge in [0.05, 0.1) is 0 Å². The third kappa shape index (κ3) is 4.36. The van der Waals surface area contributed by atoms with E-state index in [1.807, 2.05) is 0 Å². The second-order valence-corrected chi connectivity index (χ2v) is 6.27. The standard InChI is InChI=1S/C18H25N/c1-18(2,3)19-14-7-6-10-16-12-8-11-15-9-4-5-13-17(15)16/h4-5,8-9,11-13,19H,6-7,10,14H2,1-3H3. The zero-order valence-corrected chi connectivity index (χ0v) is 12.4. The Bertz CT molecular complexity index is 517. The molecule has 0 amide bonds. The van der Waals surface area contributed by atoms with Crippen LogP contribution in [0.1, 0.15) is 39.2 Å². The van der Waals surface area contributed by atoms with Crippen molar-refractivity contribution in [3.05, 3.63) is 48.0 Å². The van der Waals surface area contributed by atoms with E-state index in [9.17, 15) is 0 Å². The quantitative estimate of drug-likeness (QED) is 0.773. The first-order chi connectivity index (χ1) is 9.06. The molecule has 102 valence electrons. The molecular weight excluding hydrogens is 230 g/mol. The summed E-state index contributed by atoms with van der Waals surface area (Å²) in [4.78, 5) is 0. The topological polar surface area (TPSA) is 12.0 Å². The van der Waals surface area contributed by atoms with Crippen molar-refractivity contribution < 1.29 is 0 Å². The maximum absolute atomic E-state index is 3.55.